The lowest BCUT2D eigenvalue weighted by Crippen LogP contribution is -2.09. The number of aryl methyl sites for hydroxylation is 2. The van der Waals surface area contributed by atoms with Crippen LogP contribution in [0.15, 0.2) is 11.5 Å². The van der Waals surface area contributed by atoms with Crippen molar-refractivity contribution >= 4 is 29.3 Å². The van der Waals surface area contributed by atoms with E-state index in [4.69, 9.17) is 0 Å². The van der Waals surface area contributed by atoms with Crippen molar-refractivity contribution in [3.8, 4) is 0 Å². The van der Waals surface area contributed by atoms with Gasteiger partial charge in [-0.25, -0.2) is 4.98 Å². The first-order valence-corrected chi connectivity index (χ1v) is 5.81. The van der Waals surface area contributed by atoms with Gasteiger partial charge in [0.05, 0.1) is 10.7 Å². The molecule has 0 fully saturated rings. The maximum absolute atomic E-state index is 11.5. The quantitative estimate of drug-likeness (QED) is 0.808. The van der Waals surface area contributed by atoms with Crippen molar-refractivity contribution in [1.29, 1.82) is 0 Å². The molecule has 0 aliphatic rings. The molecule has 0 unspecified atom stereocenters. The van der Waals surface area contributed by atoms with Gasteiger partial charge in [-0.15, -0.1) is 16.4 Å². The Balaban J connectivity index is 1.95. The number of nitrogens with zero attached hydrogens (tertiary/aromatic N) is 3. The van der Waals surface area contributed by atoms with Crippen LogP contribution in [0.2, 0.25) is 0 Å². The maximum atomic E-state index is 11.5. The smallest absolute Gasteiger partial charge is 0.250 e. The summed E-state index contributed by atoms with van der Waals surface area (Å²) in [6, 6.07) is 0. The first-order chi connectivity index (χ1) is 8.13. The van der Waals surface area contributed by atoms with Crippen molar-refractivity contribution < 1.29 is 4.79 Å². The fourth-order valence-electron chi connectivity index (χ4n) is 1.17. The van der Waals surface area contributed by atoms with Gasteiger partial charge < -0.3 is 0 Å². The number of carbonyl (C=O) groups is 1. The number of amides is 1. The predicted octanol–water partition coefficient (Wildman–Crippen LogP) is 1.53. The van der Waals surface area contributed by atoms with Crippen LogP contribution in [0, 0.1) is 13.8 Å². The number of nitrogens with one attached hydrogen (secondary N) is 2. The number of carbonyl (C=O) groups excluding carboxylic acids is 1. The normalized spacial score (nSPS) is 10.9. The molecule has 0 aliphatic carbocycles. The molecule has 0 radical (unpaired) electrons. The van der Waals surface area contributed by atoms with Crippen LogP contribution >= 0.6 is 11.3 Å². The molecule has 0 atom stereocenters. The summed E-state index contributed by atoms with van der Waals surface area (Å²) in [4.78, 5) is 19.7. The van der Waals surface area contributed by atoms with E-state index in [0.29, 0.717) is 5.82 Å². The van der Waals surface area contributed by atoms with Crippen LogP contribution < -0.4 is 5.32 Å². The van der Waals surface area contributed by atoms with Gasteiger partial charge in [-0.3, -0.25) is 15.2 Å². The molecule has 2 N–H and O–H groups in total. The van der Waals surface area contributed by atoms with E-state index in [1.165, 1.54) is 17.4 Å². The van der Waals surface area contributed by atoms with Gasteiger partial charge >= 0.3 is 0 Å². The minimum absolute atomic E-state index is 0.270. The SMILES string of the molecule is Cc1nc(NC(=O)/C=C/c2csc(C)n2)n[nH]1. The summed E-state index contributed by atoms with van der Waals surface area (Å²) in [5, 5.41) is 11.8. The monoisotopic (exact) mass is 249 g/mol. The van der Waals surface area contributed by atoms with Crippen LogP contribution in [0.25, 0.3) is 6.08 Å². The standard InChI is InChI=1S/C10H11N5OS/c1-6-11-10(15-14-6)13-9(16)4-3-8-5-17-7(2)12-8/h3-5H,1-2H3,(H2,11,13,14,15,16)/b4-3+. The Labute approximate surface area is 102 Å². The van der Waals surface area contributed by atoms with Gasteiger partial charge in [0, 0.05) is 11.5 Å². The van der Waals surface area contributed by atoms with E-state index in [1.807, 2.05) is 12.3 Å². The lowest BCUT2D eigenvalue weighted by molar-refractivity contribution is -0.111. The van der Waals surface area contributed by atoms with Gasteiger partial charge in [-0.05, 0) is 19.9 Å². The number of anilines is 1. The first-order valence-electron chi connectivity index (χ1n) is 4.93. The highest BCUT2D eigenvalue weighted by molar-refractivity contribution is 7.09. The minimum Gasteiger partial charge on any atom is -0.290 e. The molecule has 2 aromatic rings. The van der Waals surface area contributed by atoms with Crippen LogP contribution in [0.1, 0.15) is 16.5 Å². The lowest BCUT2D eigenvalue weighted by atomic mass is 10.4. The van der Waals surface area contributed by atoms with E-state index < -0.39 is 0 Å². The molecular weight excluding hydrogens is 238 g/mol. The van der Waals surface area contributed by atoms with Gasteiger partial charge in [0.1, 0.15) is 5.82 Å². The first kappa shape index (κ1) is 11.5. The molecule has 0 aliphatic heterocycles. The summed E-state index contributed by atoms with van der Waals surface area (Å²) in [5.41, 5.74) is 0.772. The molecule has 2 rings (SSSR count). The largest absolute Gasteiger partial charge is 0.290 e. The molecule has 17 heavy (non-hydrogen) atoms. The van der Waals surface area contributed by atoms with Gasteiger partial charge in [0.2, 0.25) is 5.95 Å². The van der Waals surface area contributed by atoms with E-state index in [9.17, 15) is 4.79 Å². The number of hydrogen-bond donors (Lipinski definition) is 2. The van der Waals surface area contributed by atoms with Gasteiger partial charge in [0.25, 0.3) is 5.91 Å². The molecule has 7 heteroatoms. The molecule has 1 amide bonds. The fraction of sp³-hybridized carbons (Fsp3) is 0.200. The zero-order valence-electron chi connectivity index (χ0n) is 9.39. The van der Waals surface area contributed by atoms with Crippen LogP contribution in [0.5, 0.6) is 0 Å². The van der Waals surface area contributed by atoms with Crippen LogP contribution in [0.4, 0.5) is 5.95 Å². The molecule has 2 heterocycles. The highest BCUT2D eigenvalue weighted by Crippen LogP contribution is 2.09. The third-order valence-corrected chi connectivity index (χ3v) is 2.67. The highest BCUT2D eigenvalue weighted by Gasteiger charge is 2.02. The van der Waals surface area contributed by atoms with E-state index in [0.717, 1.165) is 10.7 Å². The molecule has 0 saturated heterocycles. The number of hydrogen-bond acceptors (Lipinski definition) is 5. The predicted molar refractivity (Wildman–Crippen MR) is 65.6 cm³/mol. The molecule has 0 aromatic carbocycles. The van der Waals surface area contributed by atoms with Crippen molar-refractivity contribution in [2.75, 3.05) is 5.32 Å². The van der Waals surface area contributed by atoms with Crippen LogP contribution in [0.3, 0.4) is 0 Å². The Morgan fingerprint density at radius 2 is 2.29 bits per heavy atom. The third kappa shape index (κ3) is 3.22. The topological polar surface area (TPSA) is 83.6 Å². The number of rotatable bonds is 3. The van der Waals surface area contributed by atoms with E-state index >= 15 is 0 Å². The number of aromatic nitrogens is 4. The van der Waals surface area contributed by atoms with Crippen LogP contribution in [-0.2, 0) is 4.79 Å². The second kappa shape index (κ2) is 4.88. The Hall–Kier alpha value is -2.02. The molecule has 0 bridgehead atoms. The summed E-state index contributed by atoms with van der Waals surface area (Å²) in [5.74, 6) is 0.640. The second-order valence-corrected chi connectivity index (χ2v) is 4.42. The molecule has 2 aromatic heterocycles. The lowest BCUT2D eigenvalue weighted by Gasteiger charge is -1.92. The Morgan fingerprint density at radius 1 is 1.47 bits per heavy atom. The minimum atomic E-state index is -0.283. The van der Waals surface area contributed by atoms with E-state index in [1.54, 1.807) is 13.0 Å². The van der Waals surface area contributed by atoms with Crippen molar-refractivity contribution in [2.24, 2.45) is 0 Å². The average molecular weight is 249 g/mol. The van der Waals surface area contributed by atoms with Crippen molar-refractivity contribution in [3.63, 3.8) is 0 Å². The average Bonchev–Trinajstić information content (AvgIpc) is 2.85. The summed E-state index contributed by atoms with van der Waals surface area (Å²) in [7, 11) is 0. The summed E-state index contributed by atoms with van der Waals surface area (Å²) in [6.07, 6.45) is 3.05. The van der Waals surface area contributed by atoms with Gasteiger partial charge in [0.15, 0.2) is 0 Å². The molecule has 88 valence electrons. The zero-order chi connectivity index (χ0) is 12.3. The van der Waals surface area contributed by atoms with Crippen molar-refractivity contribution in [2.45, 2.75) is 13.8 Å². The third-order valence-electron chi connectivity index (χ3n) is 1.87. The molecule has 0 spiro atoms. The van der Waals surface area contributed by atoms with Crippen molar-refractivity contribution in [1.82, 2.24) is 20.2 Å². The van der Waals surface area contributed by atoms with E-state index in [-0.39, 0.29) is 11.9 Å². The number of aromatic amines is 1. The molecule has 0 saturated carbocycles. The molecule has 6 nitrogen and oxygen atoms in total. The van der Waals surface area contributed by atoms with E-state index in [2.05, 4.69) is 25.5 Å². The second-order valence-electron chi connectivity index (χ2n) is 3.36. The van der Waals surface area contributed by atoms with Gasteiger partial charge in [-0.2, -0.15) is 4.98 Å². The highest BCUT2D eigenvalue weighted by atomic mass is 32.1. The summed E-state index contributed by atoms with van der Waals surface area (Å²) >= 11 is 1.54. The Bertz CT molecular complexity index is 557. The maximum Gasteiger partial charge on any atom is 0.250 e. The van der Waals surface area contributed by atoms with Crippen molar-refractivity contribution in [3.05, 3.63) is 28.0 Å². The fourth-order valence-corrected chi connectivity index (χ4v) is 1.75. The summed E-state index contributed by atoms with van der Waals surface area (Å²) < 4.78 is 0. The molecular formula is C10H11N5OS. The number of H-pyrrole nitrogens is 1. The number of thiazole rings is 1. The van der Waals surface area contributed by atoms with Crippen LogP contribution in [-0.4, -0.2) is 26.1 Å². The zero-order valence-corrected chi connectivity index (χ0v) is 10.2. The Kier molecular flexibility index (Phi) is 3.29. The summed E-state index contributed by atoms with van der Waals surface area (Å²) in [6.45, 7) is 3.68. The Morgan fingerprint density at radius 3 is 2.88 bits per heavy atom. The van der Waals surface area contributed by atoms with Gasteiger partial charge in [-0.1, -0.05) is 0 Å².